The number of hydrogen-bond donors (Lipinski definition) is 1. The minimum absolute atomic E-state index is 0.899. The van der Waals surface area contributed by atoms with E-state index in [0.29, 0.717) is 0 Å². The Morgan fingerprint density at radius 1 is 1.75 bits per heavy atom. The summed E-state index contributed by atoms with van der Waals surface area (Å²) in [5.41, 5.74) is 7.51. The zero-order chi connectivity index (χ0) is 6.62. The summed E-state index contributed by atoms with van der Waals surface area (Å²) in [4.78, 5) is 2.11. The third-order valence-corrected chi connectivity index (χ3v) is 0.726. The van der Waals surface area contributed by atoms with Crippen molar-refractivity contribution in [2.45, 2.75) is 0 Å². The van der Waals surface area contributed by atoms with Crippen molar-refractivity contribution in [1.82, 2.24) is 0 Å². The lowest BCUT2D eigenvalue weighted by Crippen LogP contribution is -1.99. The molecule has 0 atom stereocenters. The number of hydrogen-bond acceptors (Lipinski definition) is 3. The summed E-state index contributed by atoms with van der Waals surface area (Å²) in [6, 6.07) is 0. The van der Waals surface area contributed by atoms with Gasteiger partial charge in [0.1, 0.15) is 0 Å². The zero-order valence-electron chi connectivity index (χ0n) is 3.72. The largest absolute Gasteiger partial charge is 0.285 e. The van der Waals surface area contributed by atoms with Crippen LogP contribution in [0.5, 0.6) is 0 Å². The van der Waals surface area contributed by atoms with E-state index in [4.69, 9.17) is 10.1 Å². The van der Waals surface area contributed by atoms with Crippen molar-refractivity contribution in [3.63, 3.8) is 0 Å². The van der Waals surface area contributed by atoms with E-state index < -0.39 is 16.0 Å². The van der Waals surface area contributed by atoms with Gasteiger partial charge in [0.15, 0.2) is 5.88 Å². The third kappa shape index (κ3) is 5.22. The first-order valence-corrected chi connectivity index (χ1v) is 3.13. The van der Waals surface area contributed by atoms with Gasteiger partial charge in [-0.05, 0) is 5.53 Å². The van der Waals surface area contributed by atoms with Gasteiger partial charge in [-0.2, -0.15) is 8.42 Å². The Morgan fingerprint density at radius 2 is 2.25 bits per heavy atom. The van der Waals surface area contributed by atoms with E-state index in [1.165, 1.54) is 0 Å². The van der Waals surface area contributed by atoms with Crippen LogP contribution in [0.1, 0.15) is 0 Å². The first-order chi connectivity index (χ1) is 3.56. The lowest BCUT2D eigenvalue weighted by molar-refractivity contribution is 0.483. The van der Waals surface area contributed by atoms with E-state index in [-0.39, 0.29) is 0 Å². The molecule has 0 rings (SSSR count). The molecule has 0 aliphatic rings. The lowest BCUT2D eigenvalue weighted by atomic mass is 11.5. The fraction of sp³-hybridized carbons (Fsp3) is 1.00. The Morgan fingerprint density at radius 3 is 2.38 bits per heavy atom. The molecule has 0 unspecified atom stereocenters. The topological polar surface area (TPSA) is 103 Å². The van der Waals surface area contributed by atoms with Gasteiger partial charge in [-0.15, -0.1) is 0 Å². The Kier molecular flexibility index (Phi) is 2.26. The highest BCUT2D eigenvalue weighted by Gasteiger charge is 1.98. The van der Waals surface area contributed by atoms with Crippen LogP contribution in [0.3, 0.4) is 0 Å². The first kappa shape index (κ1) is 7.22. The number of nitrogens with zero attached hydrogens (tertiary/aromatic N) is 3. The van der Waals surface area contributed by atoms with Crippen LogP contribution in [-0.4, -0.2) is 18.8 Å². The first-order valence-electron chi connectivity index (χ1n) is 1.52. The quantitative estimate of drug-likeness (QED) is 0.253. The van der Waals surface area contributed by atoms with Crippen molar-refractivity contribution in [2.24, 2.45) is 5.11 Å². The maximum absolute atomic E-state index is 9.68. The second kappa shape index (κ2) is 2.51. The van der Waals surface area contributed by atoms with Gasteiger partial charge >= 0.3 is 0 Å². The van der Waals surface area contributed by atoms with E-state index in [0.717, 1.165) is 0 Å². The van der Waals surface area contributed by atoms with Gasteiger partial charge in [0.25, 0.3) is 10.1 Å². The monoisotopic (exact) mass is 137 g/mol. The van der Waals surface area contributed by atoms with Crippen LogP contribution in [0.2, 0.25) is 0 Å². The molecule has 7 heteroatoms. The van der Waals surface area contributed by atoms with Crippen molar-refractivity contribution >= 4 is 10.1 Å². The molecule has 1 N–H and O–H groups in total. The van der Waals surface area contributed by atoms with Crippen LogP contribution in [0, 0.1) is 0 Å². The summed E-state index contributed by atoms with van der Waals surface area (Å²) in [6.07, 6.45) is 0. The molecule has 46 valence electrons. The van der Waals surface area contributed by atoms with Gasteiger partial charge in [0, 0.05) is 4.91 Å². The summed E-state index contributed by atoms with van der Waals surface area (Å²) < 4.78 is 27.2. The molecule has 0 aromatic heterocycles. The Hall–Kier alpha value is -0.780. The van der Waals surface area contributed by atoms with Crippen LogP contribution >= 0.6 is 0 Å². The molecular weight excluding hydrogens is 134 g/mol. The molecule has 0 saturated heterocycles. The molecule has 0 radical (unpaired) electrons. The van der Waals surface area contributed by atoms with Crippen molar-refractivity contribution in [1.29, 1.82) is 0 Å². The molecule has 0 fully saturated rings. The smallest absolute Gasteiger partial charge is 0.270 e. The van der Waals surface area contributed by atoms with Crippen LogP contribution in [0.25, 0.3) is 10.4 Å². The molecular formula is CH3N3O3S. The molecule has 6 nitrogen and oxygen atoms in total. The van der Waals surface area contributed by atoms with Crippen molar-refractivity contribution in [3.8, 4) is 0 Å². The Labute approximate surface area is 45.5 Å². The van der Waals surface area contributed by atoms with Crippen LogP contribution < -0.4 is 0 Å². The van der Waals surface area contributed by atoms with Crippen LogP contribution in [0.4, 0.5) is 0 Å². The van der Waals surface area contributed by atoms with Gasteiger partial charge < -0.3 is 0 Å². The van der Waals surface area contributed by atoms with E-state index in [9.17, 15) is 8.42 Å². The second-order valence-corrected chi connectivity index (χ2v) is 2.36. The molecule has 0 aliphatic carbocycles. The Bertz CT molecular complexity index is 199. The highest BCUT2D eigenvalue weighted by molar-refractivity contribution is 7.85. The second-order valence-electron chi connectivity index (χ2n) is 0.942. The fourth-order valence-corrected chi connectivity index (χ4v) is 0.296. The molecule has 0 heterocycles. The predicted octanol–water partition coefficient (Wildman–Crippen LogP) is 0.142. The molecule has 0 aliphatic heterocycles. The highest BCUT2D eigenvalue weighted by atomic mass is 32.2. The minimum atomic E-state index is -4.11. The van der Waals surface area contributed by atoms with Gasteiger partial charge in [0.2, 0.25) is 0 Å². The average Bonchev–Trinajstić information content (AvgIpc) is 1.59. The Balaban J connectivity index is 3.94. The van der Waals surface area contributed by atoms with Crippen LogP contribution in [-0.2, 0) is 10.1 Å². The summed E-state index contributed by atoms with van der Waals surface area (Å²) in [5.74, 6) is -0.899. The molecule has 8 heavy (non-hydrogen) atoms. The van der Waals surface area contributed by atoms with E-state index in [2.05, 4.69) is 10.0 Å². The van der Waals surface area contributed by atoms with E-state index >= 15 is 0 Å². The van der Waals surface area contributed by atoms with Crippen LogP contribution in [0.15, 0.2) is 5.11 Å². The summed E-state index contributed by atoms with van der Waals surface area (Å²) in [7, 11) is -4.11. The molecule has 0 aromatic rings. The lowest BCUT2D eigenvalue weighted by Gasteiger charge is -1.81. The van der Waals surface area contributed by atoms with Crippen molar-refractivity contribution < 1.29 is 13.0 Å². The molecule has 0 bridgehead atoms. The summed E-state index contributed by atoms with van der Waals surface area (Å²) >= 11 is 0. The SMILES string of the molecule is [N-]=[N+]=NCS(=O)(=O)O. The van der Waals surface area contributed by atoms with Crippen molar-refractivity contribution in [2.75, 3.05) is 5.88 Å². The third-order valence-electron chi connectivity index (χ3n) is 0.284. The number of azide groups is 1. The summed E-state index contributed by atoms with van der Waals surface area (Å²) in [5, 5.41) is 2.59. The van der Waals surface area contributed by atoms with E-state index in [1.807, 2.05) is 0 Å². The fourth-order valence-electron chi connectivity index (χ4n) is 0.0988. The van der Waals surface area contributed by atoms with Gasteiger partial charge in [-0.1, -0.05) is 5.11 Å². The number of rotatable bonds is 2. The maximum Gasteiger partial charge on any atom is 0.270 e. The van der Waals surface area contributed by atoms with Crippen molar-refractivity contribution in [3.05, 3.63) is 10.4 Å². The van der Waals surface area contributed by atoms with Gasteiger partial charge in [0.05, 0.1) is 0 Å². The van der Waals surface area contributed by atoms with Gasteiger partial charge in [-0.25, -0.2) is 0 Å². The van der Waals surface area contributed by atoms with Gasteiger partial charge in [-0.3, -0.25) is 4.55 Å². The molecule has 0 amide bonds. The average molecular weight is 137 g/mol. The maximum atomic E-state index is 9.68. The highest BCUT2D eigenvalue weighted by Crippen LogP contribution is 1.80. The summed E-state index contributed by atoms with van der Waals surface area (Å²) in [6.45, 7) is 0. The molecule has 0 saturated carbocycles. The minimum Gasteiger partial charge on any atom is -0.285 e. The standard InChI is InChI=1S/CH3N3O3S/c2-4-3-1-8(5,6)7/h1H2,(H,5,6,7). The molecule has 0 aromatic carbocycles. The predicted molar refractivity (Wildman–Crippen MR) is 25.6 cm³/mol. The molecule has 0 spiro atoms. The normalized spacial score (nSPS) is 10.1. The van der Waals surface area contributed by atoms with E-state index in [1.54, 1.807) is 0 Å². The zero-order valence-corrected chi connectivity index (χ0v) is 4.54.